The lowest BCUT2D eigenvalue weighted by atomic mass is 10.8. The van der Waals surface area contributed by atoms with Gasteiger partial charge in [0.05, 0.1) is 12.5 Å². The fourth-order valence-electron chi connectivity index (χ4n) is 0.473. The Morgan fingerprint density at radius 1 is 1.58 bits per heavy atom. The van der Waals surface area contributed by atoms with Crippen LogP contribution in [0.4, 0.5) is 0 Å². The van der Waals surface area contributed by atoms with E-state index >= 15 is 0 Å². The normalized spacial score (nSPS) is 14.4. The molecule has 0 amide bonds. The molecular weight excluding hydrogens is 202 g/mol. The zero-order valence-electron chi connectivity index (χ0n) is 6.90. The number of hydrogen-bond acceptors (Lipinski definition) is 4. The molecule has 0 spiro atoms. The Morgan fingerprint density at radius 2 is 2.25 bits per heavy atom. The fourth-order valence-corrected chi connectivity index (χ4v) is 1.35. The van der Waals surface area contributed by atoms with Gasteiger partial charge in [0.1, 0.15) is 6.61 Å². The second kappa shape index (κ2) is 7.90. The minimum absolute atomic E-state index is 0.0795. The summed E-state index contributed by atoms with van der Waals surface area (Å²) in [7, 11) is -2.06. The Morgan fingerprint density at radius 3 is 2.75 bits per heavy atom. The molecule has 2 unspecified atom stereocenters. The van der Waals surface area contributed by atoms with Gasteiger partial charge in [-0.3, -0.25) is 0 Å². The lowest BCUT2D eigenvalue weighted by Gasteiger charge is -1.96. The molecule has 0 aromatic rings. The molecule has 4 nitrogen and oxygen atoms in total. The molecule has 0 rings (SSSR count). The molecular formula is C6H13ClO4P+. The van der Waals surface area contributed by atoms with Crippen LogP contribution in [0.2, 0.25) is 0 Å². The molecule has 0 bridgehead atoms. The monoisotopic (exact) mass is 215 g/mol. The SMILES string of the molecule is CCOCCO[P+](=O)C(O)CCl. The van der Waals surface area contributed by atoms with Crippen LogP contribution < -0.4 is 0 Å². The van der Waals surface area contributed by atoms with Gasteiger partial charge in [0.15, 0.2) is 0 Å². The van der Waals surface area contributed by atoms with Crippen molar-refractivity contribution in [3.63, 3.8) is 0 Å². The fraction of sp³-hybridized carbons (Fsp3) is 1.00. The topological polar surface area (TPSA) is 55.8 Å². The standard InChI is InChI=1S/C6H13ClO4P/c1-2-10-3-4-11-12(9)6(8)5-7/h6,8H,2-5H2,1H3/q+1. The van der Waals surface area contributed by atoms with Crippen LogP contribution in [0.3, 0.4) is 0 Å². The van der Waals surface area contributed by atoms with Crippen molar-refractivity contribution < 1.29 is 18.9 Å². The van der Waals surface area contributed by atoms with E-state index in [1.54, 1.807) is 0 Å². The van der Waals surface area contributed by atoms with Gasteiger partial charge in [-0.05, 0) is 11.5 Å². The first-order valence-corrected chi connectivity index (χ1v) is 5.41. The smallest absolute Gasteiger partial charge is 0.379 e. The molecule has 0 radical (unpaired) electrons. The minimum atomic E-state index is -2.06. The molecule has 0 fully saturated rings. The summed E-state index contributed by atoms with van der Waals surface area (Å²) in [5, 5.41) is 8.90. The summed E-state index contributed by atoms with van der Waals surface area (Å²) in [5.74, 6) is -1.16. The quantitative estimate of drug-likeness (QED) is 0.396. The van der Waals surface area contributed by atoms with E-state index in [2.05, 4.69) is 0 Å². The molecule has 0 aliphatic heterocycles. The van der Waals surface area contributed by atoms with Crippen molar-refractivity contribution in [3.8, 4) is 0 Å². The highest BCUT2D eigenvalue weighted by Crippen LogP contribution is 2.27. The van der Waals surface area contributed by atoms with E-state index in [0.29, 0.717) is 13.2 Å². The summed E-state index contributed by atoms with van der Waals surface area (Å²) in [4.78, 5) is 0. The van der Waals surface area contributed by atoms with Crippen LogP contribution in [0, 0.1) is 0 Å². The van der Waals surface area contributed by atoms with Crippen LogP contribution in [0.1, 0.15) is 6.92 Å². The zero-order valence-corrected chi connectivity index (χ0v) is 8.55. The van der Waals surface area contributed by atoms with Gasteiger partial charge in [-0.1, -0.05) is 0 Å². The summed E-state index contributed by atoms with van der Waals surface area (Å²) in [5.41, 5.74) is 0. The van der Waals surface area contributed by atoms with Gasteiger partial charge >= 0.3 is 8.03 Å². The van der Waals surface area contributed by atoms with Crippen LogP contribution in [0.15, 0.2) is 0 Å². The maximum atomic E-state index is 10.9. The number of aliphatic hydroxyl groups excluding tert-OH is 1. The predicted molar refractivity (Wildman–Crippen MR) is 46.8 cm³/mol. The van der Waals surface area contributed by atoms with Crippen LogP contribution in [0.25, 0.3) is 0 Å². The molecule has 0 aromatic heterocycles. The van der Waals surface area contributed by atoms with Crippen LogP contribution in [-0.4, -0.2) is 36.7 Å². The summed E-state index contributed by atoms with van der Waals surface area (Å²) in [6, 6.07) is 0. The average Bonchev–Trinajstić information content (AvgIpc) is 2.10. The van der Waals surface area contributed by atoms with E-state index in [-0.39, 0.29) is 12.5 Å². The Hall–Kier alpha value is 0.270. The number of alkyl halides is 1. The van der Waals surface area contributed by atoms with Gasteiger partial charge in [0.2, 0.25) is 0 Å². The summed E-state index contributed by atoms with van der Waals surface area (Å²) < 4.78 is 20.5. The van der Waals surface area contributed by atoms with Gasteiger partial charge in [0, 0.05) is 6.61 Å². The van der Waals surface area contributed by atoms with E-state index in [0.717, 1.165) is 0 Å². The van der Waals surface area contributed by atoms with Crippen LogP contribution >= 0.6 is 19.6 Å². The number of rotatable bonds is 7. The summed E-state index contributed by atoms with van der Waals surface area (Å²) in [6.45, 7) is 3.05. The van der Waals surface area contributed by atoms with Crippen LogP contribution in [-0.2, 0) is 13.8 Å². The van der Waals surface area contributed by atoms with Gasteiger partial charge in [-0.15, -0.1) is 16.1 Å². The maximum Gasteiger partial charge on any atom is 0.541 e. The largest absolute Gasteiger partial charge is 0.541 e. The van der Waals surface area contributed by atoms with Crippen molar-refractivity contribution in [2.45, 2.75) is 12.8 Å². The highest BCUT2D eigenvalue weighted by Gasteiger charge is 2.29. The van der Waals surface area contributed by atoms with Crippen molar-refractivity contribution in [3.05, 3.63) is 0 Å². The number of halogens is 1. The van der Waals surface area contributed by atoms with Gasteiger partial charge in [-0.2, -0.15) is 0 Å². The van der Waals surface area contributed by atoms with Crippen molar-refractivity contribution in [1.82, 2.24) is 0 Å². The lowest BCUT2D eigenvalue weighted by Crippen LogP contribution is -2.06. The van der Waals surface area contributed by atoms with Gasteiger partial charge in [0.25, 0.3) is 5.85 Å². The van der Waals surface area contributed by atoms with E-state index in [9.17, 15) is 4.57 Å². The lowest BCUT2D eigenvalue weighted by molar-refractivity contribution is 0.109. The molecule has 6 heteroatoms. The Labute approximate surface area is 77.7 Å². The zero-order chi connectivity index (χ0) is 9.40. The molecule has 0 heterocycles. The number of hydrogen-bond donors (Lipinski definition) is 1. The predicted octanol–water partition coefficient (Wildman–Crippen LogP) is 1.34. The van der Waals surface area contributed by atoms with Crippen molar-refractivity contribution >= 4 is 19.6 Å². The van der Waals surface area contributed by atoms with E-state index in [1.807, 2.05) is 6.92 Å². The van der Waals surface area contributed by atoms with Gasteiger partial charge in [-0.25, -0.2) is 0 Å². The molecule has 12 heavy (non-hydrogen) atoms. The molecule has 0 aromatic carbocycles. The highest BCUT2D eigenvalue weighted by atomic mass is 35.5. The molecule has 0 aliphatic carbocycles. The second-order valence-electron chi connectivity index (χ2n) is 1.95. The summed E-state index contributed by atoms with van der Waals surface area (Å²) in [6.07, 6.45) is 0. The average molecular weight is 216 g/mol. The molecule has 72 valence electrons. The van der Waals surface area contributed by atoms with Gasteiger partial charge < -0.3 is 9.84 Å². The first kappa shape index (κ1) is 12.3. The van der Waals surface area contributed by atoms with Crippen molar-refractivity contribution in [2.75, 3.05) is 25.7 Å². The third-order valence-corrected chi connectivity index (χ3v) is 2.65. The molecule has 0 saturated heterocycles. The van der Waals surface area contributed by atoms with E-state index in [4.69, 9.17) is 26.0 Å². The number of ether oxygens (including phenoxy) is 1. The molecule has 1 N–H and O–H groups in total. The second-order valence-corrected chi connectivity index (χ2v) is 3.68. The maximum absolute atomic E-state index is 10.9. The molecule has 0 aliphatic rings. The third-order valence-electron chi connectivity index (χ3n) is 1.03. The van der Waals surface area contributed by atoms with Crippen LogP contribution in [0.5, 0.6) is 0 Å². The molecule has 2 atom stereocenters. The van der Waals surface area contributed by atoms with Crippen molar-refractivity contribution in [2.24, 2.45) is 0 Å². The first-order chi connectivity index (χ1) is 5.72. The Balaban J connectivity index is 3.31. The van der Waals surface area contributed by atoms with E-state index < -0.39 is 13.9 Å². The molecule has 0 saturated carbocycles. The van der Waals surface area contributed by atoms with E-state index in [1.165, 1.54) is 0 Å². The highest BCUT2D eigenvalue weighted by molar-refractivity contribution is 7.39. The Bertz CT molecular complexity index is 133. The van der Waals surface area contributed by atoms with Crippen molar-refractivity contribution in [1.29, 1.82) is 0 Å². The minimum Gasteiger partial charge on any atom is -0.379 e. The summed E-state index contributed by atoms with van der Waals surface area (Å²) >= 11 is 5.24. The Kier molecular flexibility index (Phi) is 8.07. The third kappa shape index (κ3) is 5.86. The first-order valence-electron chi connectivity index (χ1n) is 3.63. The number of aliphatic hydroxyl groups is 1.